The Morgan fingerprint density at radius 2 is 1.59 bits per heavy atom. The maximum atomic E-state index is 12.8. The van der Waals surface area contributed by atoms with Crippen molar-refractivity contribution in [1.82, 2.24) is 9.80 Å². The summed E-state index contributed by atoms with van der Waals surface area (Å²) in [5.74, 6) is 0. The second-order valence-corrected chi connectivity index (χ2v) is 6.07. The lowest BCUT2D eigenvalue weighted by molar-refractivity contribution is 0.177. The van der Waals surface area contributed by atoms with E-state index in [2.05, 4.69) is 38.1 Å². The quantitative estimate of drug-likeness (QED) is 0.833. The fourth-order valence-corrected chi connectivity index (χ4v) is 3.01. The molecule has 2 aromatic carbocycles. The molecule has 1 aliphatic heterocycles. The molecule has 1 aliphatic rings. The molecule has 0 aliphatic carbocycles. The highest BCUT2D eigenvalue weighted by Gasteiger charge is 2.38. The van der Waals surface area contributed by atoms with Crippen molar-refractivity contribution in [1.29, 1.82) is 0 Å². The zero-order valence-corrected chi connectivity index (χ0v) is 13.1. The first-order valence-corrected chi connectivity index (χ1v) is 7.83. The maximum absolute atomic E-state index is 12.8. The third-order valence-corrected chi connectivity index (χ3v) is 4.24. The predicted molar refractivity (Wildman–Crippen MR) is 88.4 cm³/mol. The largest absolute Gasteiger partial charge is 0.321 e. The van der Waals surface area contributed by atoms with Gasteiger partial charge in [-0.3, -0.25) is 0 Å². The Morgan fingerprint density at radius 3 is 2.18 bits per heavy atom. The van der Waals surface area contributed by atoms with Crippen LogP contribution in [0.3, 0.4) is 0 Å². The van der Waals surface area contributed by atoms with Crippen LogP contribution in [0.1, 0.15) is 31.0 Å². The molecular formula is C19H22N2O. The summed E-state index contributed by atoms with van der Waals surface area (Å²) < 4.78 is 0. The van der Waals surface area contributed by atoms with Crippen LogP contribution < -0.4 is 0 Å². The van der Waals surface area contributed by atoms with E-state index in [4.69, 9.17) is 0 Å². The SMILES string of the molecule is CC(C)N1CC(c2ccccc2)N(Cc2ccccc2)C1=O. The van der Waals surface area contributed by atoms with Gasteiger partial charge in [0, 0.05) is 19.1 Å². The zero-order chi connectivity index (χ0) is 15.5. The van der Waals surface area contributed by atoms with Crippen molar-refractivity contribution in [3.05, 3.63) is 71.8 Å². The fraction of sp³-hybridized carbons (Fsp3) is 0.316. The number of hydrogen-bond donors (Lipinski definition) is 0. The van der Waals surface area contributed by atoms with Gasteiger partial charge < -0.3 is 9.80 Å². The van der Waals surface area contributed by atoms with Gasteiger partial charge in [-0.25, -0.2) is 4.79 Å². The number of carbonyl (C=O) groups is 1. The molecule has 1 unspecified atom stereocenters. The average molecular weight is 294 g/mol. The van der Waals surface area contributed by atoms with Crippen LogP contribution in [0.25, 0.3) is 0 Å². The number of urea groups is 1. The molecule has 3 heteroatoms. The molecule has 0 radical (unpaired) electrons. The van der Waals surface area contributed by atoms with Crippen LogP contribution in [0, 0.1) is 0 Å². The van der Waals surface area contributed by atoms with Crippen LogP contribution in [0.2, 0.25) is 0 Å². The van der Waals surface area contributed by atoms with Crippen LogP contribution in [0.15, 0.2) is 60.7 Å². The standard InChI is InChI=1S/C19H22N2O/c1-15(2)20-14-18(17-11-7-4-8-12-17)21(19(20)22)13-16-9-5-3-6-10-16/h3-12,15,18H,13-14H2,1-2H3. The van der Waals surface area contributed by atoms with Gasteiger partial charge in [-0.15, -0.1) is 0 Å². The molecule has 1 atom stereocenters. The van der Waals surface area contributed by atoms with Crippen molar-refractivity contribution in [2.75, 3.05) is 6.54 Å². The second-order valence-electron chi connectivity index (χ2n) is 6.07. The maximum Gasteiger partial charge on any atom is 0.321 e. The highest BCUT2D eigenvalue weighted by atomic mass is 16.2. The van der Waals surface area contributed by atoms with Gasteiger partial charge in [0.1, 0.15) is 0 Å². The molecule has 2 amide bonds. The first-order chi connectivity index (χ1) is 10.7. The van der Waals surface area contributed by atoms with Crippen molar-refractivity contribution >= 4 is 6.03 Å². The Labute approximate surface area is 132 Å². The first-order valence-electron chi connectivity index (χ1n) is 7.83. The van der Waals surface area contributed by atoms with Crippen LogP contribution in [0.4, 0.5) is 4.79 Å². The summed E-state index contributed by atoms with van der Waals surface area (Å²) in [6.07, 6.45) is 0. The first kappa shape index (κ1) is 14.6. The van der Waals surface area contributed by atoms with E-state index in [9.17, 15) is 4.79 Å². The van der Waals surface area contributed by atoms with E-state index < -0.39 is 0 Å². The smallest absolute Gasteiger partial charge is 0.320 e. The van der Waals surface area contributed by atoms with Crippen molar-refractivity contribution in [2.45, 2.75) is 32.5 Å². The third-order valence-electron chi connectivity index (χ3n) is 4.24. The topological polar surface area (TPSA) is 23.6 Å². The van der Waals surface area contributed by atoms with Gasteiger partial charge >= 0.3 is 6.03 Å². The number of hydrogen-bond acceptors (Lipinski definition) is 1. The van der Waals surface area contributed by atoms with Gasteiger partial charge in [0.2, 0.25) is 0 Å². The fourth-order valence-electron chi connectivity index (χ4n) is 3.01. The molecule has 1 heterocycles. The molecule has 3 rings (SSSR count). The van der Waals surface area contributed by atoms with Crippen molar-refractivity contribution in [2.24, 2.45) is 0 Å². The molecule has 114 valence electrons. The minimum Gasteiger partial charge on any atom is -0.320 e. The minimum absolute atomic E-state index is 0.122. The van der Waals surface area contributed by atoms with Crippen molar-refractivity contribution in [3.8, 4) is 0 Å². The average Bonchev–Trinajstić information content (AvgIpc) is 2.87. The molecule has 1 saturated heterocycles. The van der Waals surface area contributed by atoms with Gasteiger partial charge in [0.25, 0.3) is 0 Å². The summed E-state index contributed by atoms with van der Waals surface area (Å²) >= 11 is 0. The molecule has 3 nitrogen and oxygen atoms in total. The van der Waals surface area contributed by atoms with E-state index in [1.54, 1.807) is 0 Å². The van der Waals surface area contributed by atoms with E-state index >= 15 is 0 Å². The van der Waals surface area contributed by atoms with Gasteiger partial charge in [0.15, 0.2) is 0 Å². The van der Waals surface area contributed by atoms with Crippen LogP contribution >= 0.6 is 0 Å². The molecule has 2 aromatic rings. The second kappa shape index (κ2) is 6.22. The summed E-state index contributed by atoms with van der Waals surface area (Å²) in [5.41, 5.74) is 2.37. The highest BCUT2D eigenvalue weighted by molar-refractivity contribution is 5.78. The Balaban J connectivity index is 1.90. The highest BCUT2D eigenvalue weighted by Crippen LogP contribution is 2.32. The number of nitrogens with zero attached hydrogens (tertiary/aromatic N) is 2. The van der Waals surface area contributed by atoms with Crippen LogP contribution in [-0.4, -0.2) is 28.4 Å². The minimum atomic E-state index is 0.122. The molecule has 0 N–H and O–H groups in total. The summed E-state index contributed by atoms with van der Waals surface area (Å²) in [4.78, 5) is 16.7. The molecule has 1 fully saturated rings. The number of benzene rings is 2. The zero-order valence-electron chi connectivity index (χ0n) is 13.1. The Kier molecular flexibility index (Phi) is 4.14. The van der Waals surface area contributed by atoms with Gasteiger partial charge in [0.05, 0.1) is 6.04 Å². The Bertz CT molecular complexity index is 624. The molecule has 0 spiro atoms. The summed E-state index contributed by atoms with van der Waals surface area (Å²) in [6.45, 7) is 5.56. The number of rotatable bonds is 4. The lowest BCUT2D eigenvalue weighted by Gasteiger charge is -2.24. The number of amides is 2. The summed E-state index contributed by atoms with van der Waals surface area (Å²) in [5, 5.41) is 0. The van der Waals surface area contributed by atoms with Crippen LogP contribution in [-0.2, 0) is 6.54 Å². The van der Waals surface area contributed by atoms with E-state index in [0.717, 1.165) is 6.54 Å². The lowest BCUT2D eigenvalue weighted by atomic mass is 10.1. The van der Waals surface area contributed by atoms with Crippen LogP contribution in [0.5, 0.6) is 0 Å². The monoisotopic (exact) mass is 294 g/mol. The summed E-state index contributed by atoms with van der Waals surface area (Å²) in [6, 6.07) is 21.0. The third kappa shape index (κ3) is 2.84. The lowest BCUT2D eigenvalue weighted by Crippen LogP contribution is -2.36. The van der Waals surface area contributed by atoms with E-state index in [0.29, 0.717) is 6.54 Å². The van der Waals surface area contributed by atoms with E-state index in [-0.39, 0.29) is 18.1 Å². The molecular weight excluding hydrogens is 272 g/mol. The normalized spacial score (nSPS) is 18.3. The van der Waals surface area contributed by atoms with E-state index in [1.165, 1.54) is 11.1 Å². The van der Waals surface area contributed by atoms with Gasteiger partial charge in [-0.2, -0.15) is 0 Å². The van der Waals surface area contributed by atoms with E-state index in [1.807, 2.05) is 46.2 Å². The Hall–Kier alpha value is -2.29. The molecule has 0 aromatic heterocycles. The molecule has 22 heavy (non-hydrogen) atoms. The van der Waals surface area contributed by atoms with Crippen molar-refractivity contribution < 1.29 is 4.79 Å². The Morgan fingerprint density at radius 1 is 1.00 bits per heavy atom. The molecule has 0 bridgehead atoms. The van der Waals surface area contributed by atoms with Gasteiger partial charge in [-0.05, 0) is 25.0 Å². The molecule has 0 saturated carbocycles. The summed E-state index contributed by atoms with van der Waals surface area (Å²) in [7, 11) is 0. The van der Waals surface area contributed by atoms with Gasteiger partial charge in [-0.1, -0.05) is 60.7 Å². The number of carbonyl (C=O) groups excluding carboxylic acids is 1. The predicted octanol–water partition coefficient (Wildman–Crippen LogP) is 4.07. The van der Waals surface area contributed by atoms with Crippen molar-refractivity contribution in [3.63, 3.8) is 0 Å².